The molecular weight excluding hydrogens is 245 g/mol. The predicted octanol–water partition coefficient (Wildman–Crippen LogP) is 3.71. The van der Waals surface area contributed by atoms with Crippen molar-refractivity contribution in [2.75, 3.05) is 12.3 Å². The first-order chi connectivity index (χ1) is 8.84. The highest BCUT2D eigenvalue weighted by Crippen LogP contribution is 2.15. The lowest BCUT2D eigenvalue weighted by atomic mass is 10.2. The highest BCUT2D eigenvalue weighted by Gasteiger charge is 1.95. The van der Waals surface area contributed by atoms with E-state index >= 15 is 0 Å². The van der Waals surface area contributed by atoms with E-state index in [-0.39, 0.29) is 5.82 Å². The molecule has 0 saturated carbocycles. The average molecular weight is 261 g/mol. The fourth-order valence-electron chi connectivity index (χ4n) is 1.64. The molecule has 2 aromatic rings. The Balaban J connectivity index is 1.65. The van der Waals surface area contributed by atoms with Crippen LogP contribution >= 0.6 is 11.8 Å². The van der Waals surface area contributed by atoms with E-state index in [4.69, 9.17) is 0 Å². The Bertz CT molecular complexity index is 473. The monoisotopic (exact) mass is 261 g/mol. The molecule has 3 heteroatoms. The van der Waals surface area contributed by atoms with Crippen LogP contribution in [-0.4, -0.2) is 12.3 Å². The minimum atomic E-state index is -0.173. The zero-order valence-corrected chi connectivity index (χ0v) is 10.9. The lowest BCUT2D eigenvalue weighted by Gasteiger charge is -2.05. The summed E-state index contributed by atoms with van der Waals surface area (Å²) >= 11 is 1.82. The molecule has 0 saturated heterocycles. The van der Waals surface area contributed by atoms with Gasteiger partial charge in [0.2, 0.25) is 0 Å². The van der Waals surface area contributed by atoms with Crippen LogP contribution in [0.15, 0.2) is 59.5 Å². The van der Waals surface area contributed by atoms with Gasteiger partial charge in [-0.2, -0.15) is 0 Å². The minimum absolute atomic E-state index is 0.173. The van der Waals surface area contributed by atoms with E-state index in [1.165, 1.54) is 11.0 Å². The smallest absolute Gasteiger partial charge is 0.123 e. The van der Waals surface area contributed by atoms with Gasteiger partial charge in [-0.1, -0.05) is 30.3 Å². The van der Waals surface area contributed by atoms with Crippen molar-refractivity contribution >= 4 is 11.8 Å². The van der Waals surface area contributed by atoms with Gasteiger partial charge in [0.05, 0.1) is 0 Å². The molecule has 2 rings (SSSR count). The zero-order chi connectivity index (χ0) is 12.6. The maximum Gasteiger partial charge on any atom is 0.123 e. The van der Waals surface area contributed by atoms with Crippen LogP contribution < -0.4 is 5.32 Å². The first kappa shape index (κ1) is 13.1. The van der Waals surface area contributed by atoms with Crippen molar-refractivity contribution in [3.05, 3.63) is 66.0 Å². The van der Waals surface area contributed by atoms with Gasteiger partial charge in [0, 0.05) is 23.7 Å². The standard InChI is InChI=1S/C15H16FNS/c16-14-6-4-5-13(11-14)12-17-9-10-18-15-7-2-1-3-8-15/h1-8,11,17H,9-10,12H2. The Labute approximate surface area is 111 Å². The van der Waals surface area contributed by atoms with E-state index in [0.29, 0.717) is 6.54 Å². The lowest BCUT2D eigenvalue weighted by Crippen LogP contribution is -2.16. The third-order valence-corrected chi connectivity index (χ3v) is 3.52. The van der Waals surface area contributed by atoms with Gasteiger partial charge in [-0.25, -0.2) is 4.39 Å². The maximum absolute atomic E-state index is 12.9. The molecule has 1 N–H and O–H groups in total. The van der Waals surface area contributed by atoms with Crippen LogP contribution in [0, 0.1) is 5.82 Å². The molecule has 18 heavy (non-hydrogen) atoms. The van der Waals surface area contributed by atoms with Gasteiger partial charge >= 0.3 is 0 Å². The van der Waals surface area contributed by atoms with Crippen molar-refractivity contribution in [2.45, 2.75) is 11.4 Å². The van der Waals surface area contributed by atoms with Gasteiger partial charge in [0.15, 0.2) is 0 Å². The molecule has 1 nitrogen and oxygen atoms in total. The van der Waals surface area contributed by atoms with Crippen LogP contribution in [0.2, 0.25) is 0 Å². The lowest BCUT2D eigenvalue weighted by molar-refractivity contribution is 0.622. The second kappa shape index (κ2) is 7.19. The van der Waals surface area contributed by atoms with Crippen molar-refractivity contribution in [1.82, 2.24) is 5.32 Å². The van der Waals surface area contributed by atoms with Crippen molar-refractivity contribution in [3.63, 3.8) is 0 Å². The highest BCUT2D eigenvalue weighted by atomic mass is 32.2. The highest BCUT2D eigenvalue weighted by molar-refractivity contribution is 7.99. The Kier molecular flexibility index (Phi) is 5.24. The number of nitrogens with one attached hydrogen (secondary N) is 1. The van der Waals surface area contributed by atoms with Gasteiger partial charge in [0.1, 0.15) is 5.82 Å². The van der Waals surface area contributed by atoms with Crippen LogP contribution in [0.1, 0.15) is 5.56 Å². The first-order valence-electron chi connectivity index (χ1n) is 5.97. The molecule has 0 amide bonds. The molecule has 0 aliphatic rings. The van der Waals surface area contributed by atoms with Gasteiger partial charge in [-0.15, -0.1) is 11.8 Å². The quantitative estimate of drug-likeness (QED) is 0.628. The summed E-state index contributed by atoms with van der Waals surface area (Å²) in [6.45, 7) is 1.63. The summed E-state index contributed by atoms with van der Waals surface area (Å²) in [5.74, 6) is 0.840. The summed E-state index contributed by atoms with van der Waals surface area (Å²) in [7, 11) is 0. The number of halogens is 1. The Hall–Kier alpha value is -1.32. The van der Waals surface area contributed by atoms with E-state index in [9.17, 15) is 4.39 Å². The van der Waals surface area contributed by atoms with E-state index < -0.39 is 0 Å². The summed E-state index contributed by atoms with van der Waals surface area (Å²) in [6.07, 6.45) is 0. The third kappa shape index (κ3) is 4.51. The molecule has 2 aromatic carbocycles. The second-order valence-electron chi connectivity index (χ2n) is 3.97. The fraction of sp³-hybridized carbons (Fsp3) is 0.200. The molecule has 0 bridgehead atoms. The summed E-state index contributed by atoms with van der Waals surface area (Å²) in [5.41, 5.74) is 0.986. The SMILES string of the molecule is Fc1cccc(CNCCSc2ccccc2)c1. The van der Waals surface area contributed by atoms with Crippen LogP contribution in [0.5, 0.6) is 0 Å². The topological polar surface area (TPSA) is 12.0 Å². The number of benzene rings is 2. The molecule has 0 fully saturated rings. The zero-order valence-electron chi connectivity index (χ0n) is 10.1. The predicted molar refractivity (Wildman–Crippen MR) is 75.3 cm³/mol. The Morgan fingerprint density at radius 2 is 1.83 bits per heavy atom. The van der Waals surface area contributed by atoms with Crippen molar-refractivity contribution in [1.29, 1.82) is 0 Å². The van der Waals surface area contributed by atoms with Gasteiger partial charge in [0.25, 0.3) is 0 Å². The van der Waals surface area contributed by atoms with E-state index in [1.807, 2.05) is 36.0 Å². The van der Waals surface area contributed by atoms with Crippen molar-refractivity contribution in [3.8, 4) is 0 Å². The fourth-order valence-corrected chi connectivity index (χ4v) is 2.47. The van der Waals surface area contributed by atoms with E-state index in [2.05, 4.69) is 17.4 Å². The number of hydrogen-bond acceptors (Lipinski definition) is 2. The van der Waals surface area contributed by atoms with E-state index in [0.717, 1.165) is 17.9 Å². The van der Waals surface area contributed by atoms with Crippen LogP contribution in [0.4, 0.5) is 4.39 Å². The number of thioether (sulfide) groups is 1. The van der Waals surface area contributed by atoms with Crippen LogP contribution in [0.3, 0.4) is 0 Å². The summed E-state index contributed by atoms with van der Waals surface area (Å²) in [6, 6.07) is 17.0. The minimum Gasteiger partial charge on any atom is -0.312 e. The normalized spacial score (nSPS) is 10.5. The molecular formula is C15H16FNS. The van der Waals surface area contributed by atoms with Crippen molar-refractivity contribution < 1.29 is 4.39 Å². The van der Waals surface area contributed by atoms with Crippen LogP contribution in [-0.2, 0) is 6.54 Å². The van der Waals surface area contributed by atoms with Gasteiger partial charge < -0.3 is 5.32 Å². The molecule has 0 unspecified atom stereocenters. The summed E-state index contributed by atoms with van der Waals surface area (Å²) < 4.78 is 12.9. The molecule has 94 valence electrons. The number of hydrogen-bond donors (Lipinski definition) is 1. The van der Waals surface area contributed by atoms with Gasteiger partial charge in [-0.05, 0) is 29.8 Å². The number of rotatable bonds is 6. The maximum atomic E-state index is 12.9. The third-order valence-electron chi connectivity index (χ3n) is 2.51. The molecule has 0 aromatic heterocycles. The Morgan fingerprint density at radius 1 is 1.00 bits per heavy atom. The molecule has 0 radical (unpaired) electrons. The van der Waals surface area contributed by atoms with Crippen LogP contribution in [0.25, 0.3) is 0 Å². The summed E-state index contributed by atoms with van der Waals surface area (Å²) in [5, 5.41) is 3.31. The first-order valence-corrected chi connectivity index (χ1v) is 6.96. The largest absolute Gasteiger partial charge is 0.312 e. The average Bonchev–Trinajstić information content (AvgIpc) is 2.40. The van der Waals surface area contributed by atoms with E-state index in [1.54, 1.807) is 12.1 Å². The molecule has 0 spiro atoms. The second-order valence-corrected chi connectivity index (χ2v) is 5.14. The molecule has 0 atom stereocenters. The molecule has 0 aliphatic heterocycles. The molecule has 0 heterocycles. The summed E-state index contributed by atoms with van der Waals surface area (Å²) in [4.78, 5) is 1.28. The van der Waals surface area contributed by atoms with Gasteiger partial charge in [-0.3, -0.25) is 0 Å². The van der Waals surface area contributed by atoms with Crippen molar-refractivity contribution in [2.24, 2.45) is 0 Å². The Morgan fingerprint density at radius 3 is 2.61 bits per heavy atom. The molecule has 0 aliphatic carbocycles.